The van der Waals surface area contributed by atoms with E-state index in [1.807, 2.05) is 30.2 Å². The molecule has 88 valence electrons. The van der Waals surface area contributed by atoms with Gasteiger partial charge in [0.2, 0.25) is 0 Å². The summed E-state index contributed by atoms with van der Waals surface area (Å²) in [6, 6.07) is 3.60. The van der Waals surface area contributed by atoms with Crippen molar-refractivity contribution in [2.24, 2.45) is 0 Å². The summed E-state index contributed by atoms with van der Waals surface area (Å²) < 4.78 is 0. The van der Waals surface area contributed by atoms with Crippen LogP contribution >= 0.6 is 0 Å². The maximum atomic E-state index is 11.1. The lowest BCUT2D eigenvalue weighted by Crippen LogP contribution is -2.55. The van der Waals surface area contributed by atoms with Gasteiger partial charge in [-0.2, -0.15) is 0 Å². The molecule has 16 heavy (non-hydrogen) atoms. The van der Waals surface area contributed by atoms with Crippen LogP contribution in [0.5, 0.6) is 0 Å². The van der Waals surface area contributed by atoms with E-state index in [0.717, 1.165) is 18.8 Å². The maximum absolute atomic E-state index is 11.1. The Balaban J connectivity index is 2.14. The Morgan fingerprint density at radius 1 is 1.69 bits per heavy atom. The zero-order valence-electron chi connectivity index (χ0n) is 9.31. The molecular weight excluding hydrogens is 206 g/mol. The molecule has 0 amide bonds. The Morgan fingerprint density at radius 3 is 3.12 bits per heavy atom. The largest absolute Gasteiger partial charge is 0.480 e. The van der Waals surface area contributed by atoms with Gasteiger partial charge in [0.25, 0.3) is 0 Å². The van der Waals surface area contributed by atoms with Crippen molar-refractivity contribution in [2.45, 2.75) is 19.0 Å². The normalized spacial score (nSPS) is 24.2. The summed E-state index contributed by atoms with van der Waals surface area (Å²) in [4.78, 5) is 16.3. The number of aromatic amines is 1. The average molecular weight is 223 g/mol. The smallest absolute Gasteiger partial charge is 0.322 e. The molecule has 1 aromatic rings. The number of aliphatic carboxylic acids is 1. The molecule has 0 bridgehead atoms. The predicted molar refractivity (Wildman–Crippen MR) is 60.2 cm³/mol. The highest BCUT2D eigenvalue weighted by Crippen LogP contribution is 2.21. The Kier molecular flexibility index (Phi) is 3.26. The molecular formula is C11H17N3O2. The quantitative estimate of drug-likeness (QED) is 0.695. The molecule has 1 fully saturated rings. The van der Waals surface area contributed by atoms with E-state index in [0.29, 0.717) is 6.54 Å². The van der Waals surface area contributed by atoms with E-state index in [4.69, 9.17) is 5.11 Å². The van der Waals surface area contributed by atoms with E-state index in [2.05, 4.69) is 10.3 Å². The van der Waals surface area contributed by atoms with Crippen LogP contribution in [0.25, 0.3) is 0 Å². The molecule has 0 aliphatic carbocycles. The third kappa shape index (κ3) is 2.10. The third-order valence-electron chi connectivity index (χ3n) is 3.14. The second kappa shape index (κ2) is 4.67. The number of carboxylic acid groups (broad SMARTS) is 1. The van der Waals surface area contributed by atoms with Crippen LogP contribution in [0.15, 0.2) is 18.3 Å². The predicted octanol–water partition coefficient (Wildman–Crippen LogP) is 0.434. The molecule has 0 spiro atoms. The third-order valence-corrected chi connectivity index (χ3v) is 3.14. The van der Waals surface area contributed by atoms with E-state index in [1.54, 1.807) is 0 Å². The van der Waals surface area contributed by atoms with Crippen LogP contribution in [-0.2, 0) is 4.79 Å². The summed E-state index contributed by atoms with van der Waals surface area (Å²) >= 11 is 0. The van der Waals surface area contributed by atoms with Crippen LogP contribution in [0.2, 0.25) is 0 Å². The lowest BCUT2D eigenvalue weighted by atomic mass is 10.1. The van der Waals surface area contributed by atoms with Crippen molar-refractivity contribution in [1.29, 1.82) is 0 Å². The second-order valence-corrected chi connectivity index (χ2v) is 4.10. The molecule has 2 rings (SSSR count). The molecule has 0 saturated carbocycles. The first-order valence-corrected chi connectivity index (χ1v) is 5.52. The van der Waals surface area contributed by atoms with Gasteiger partial charge in [0.15, 0.2) is 0 Å². The van der Waals surface area contributed by atoms with Crippen LogP contribution in [-0.4, -0.2) is 46.6 Å². The maximum Gasteiger partial charge on any atom is 0.322 e. The Morgan fingerprint density at radius 2 is 2.50 bits per heavy atom. The van der Waals surface area contributed by atoms with Gasteiger partial charge in [-0.3, -0.25) is 9.69 Å². The van der Waals surface area contributed by atoms with Crippen LogP contribution in [0.3, 0.4) is 0 Å². The molecule has 1 aliphatic heterocycles. The standard InChI is InChI=1S/C11H17N3O2/c1-8(9-3-2-4-13-9)14-6-5-12-7-10(14)11(15)16/h2-4,8,10,12-13H,5-7H2,1H3,(H,15,16). The monoisotopic (exact) mass is 223 g/mol. The number of hydrogen-bond acceptors (Lipinski definition) is 3. The fourth-order valence-electron chi connectivity index (χ4n) is 2.20. The Bertz CT molecular complexity index is 350. The molecule has 5 nitrogen and oxygen atoms in total. The fraction of sp³-hybridized carbons (Fsp3) is 0.545. The molecule has 5 heteroatoms. The topological polar surface area (TPSA) is 68.4 Å². The highest BCUT2D eigenvalue weighted by Gasteiger charge is 2.32. The molecule has 0 radical (unpaired) electrons. The molecule has 1 aromatic heterocycles. The van der Waals surface area contributed by atoms with Gasteiger partial charge in [-0.25, -0.2) is 0 Å². The van der Waals surface area contributed by atoms with Crippen molar-refractivity contribution < 1.29 is 9.90 Å². The van der Waals surface area contributed by atoms with E-state index < -0.39 is 12.0 Å². The number of rotatable bonds is 3. The number of nitrogens with zero attached hydrogens (tertiary/aromatic N) is 1. The number of piperazine rings is 1. The van der Waals surface area contributed by atoms with Gasteiger partial charge in [0.05, 0.1) is 0 Å². The van der Waals surface area contributed by atoms with Gasteiger partial charge >= 0.3 is 5.97 Å². The van der Waals surface area contributed by atoms with Gasteiger partial charge in [0.1, 0.15) is 6.04 Å². The van der Waals surface area contributed by atoms with Gasteiger partial charge in [-0.15, -0.1) is 0 Å². The SMILES string of the molecule is CC(c1ccc[nH]1)N1CCNCC1C(=O)O. The first-order valence-electron chi connectivity index (χ1n) is 5.52. The molecule has 2 unspecified atom stereocenters. The minimum atomic E-state index is -0.759. The van der Waals surface area contributed by atoms with E-state index in [-0.39, 0.29) is 6.04 Å². The summed E-state index contributed by atoms with van der Waals surface area (Å²) in [6.07, 6.45) is 1.86. The summed E-state index contributed by atoms with van der Waals surface area (Å²) in [5, 5.41) is 12.3. The molecule has 0 aromatic carbocycles. The number of carboxylic acids is 1. The number of nitrogens with one attached hydrogen (secondary N) is 2. The second-order valence-electron chi connectivity index (χ2n) is 4.10. The lowest BCUT2D eigenvalue weighted by molar-refractivity contribution is -0.145. The molecule has 1 saturated heterocycles. The van der Waals surface area contributed by atoms with Crippen molar-refractivity contribution in [1.82, 2.24) is 15.2 Å². The molecule has 2 atom stereocenters. The highest BCUT2D eigenvalue weighted by molar-refractivity contribution is 5.74. The summed E-state index contributed by atoms with van der Waals surface area (Å²) in [7, 11) is 0. The zero-order chi connectivity index (χ0) is 11.5. The lowest BCUT2D eigenvalue weighted by Gasteiger charge is -2.37. The van der Waals surface area contributed by atoms with Crippen LogP contribution in [0, 0.1) is 0 Å². The first-order chi connectivity index (χ1) is 7.70. The summed E-state index contributed by atoms with van der Waals surface area (Å²) in [5.41, 5.74) is 1.06. The first kappa shape index (κ1) is 11.2. The fourth-order valence-corrected chi connectivity index (χ4v) is 2.20. The van der Waals surface area contributed by atoms with Crippen LogP contribution in [0.4, 0.5) is 0 Å². The van der Waals surface area contributed by atoms with Gasteiger partial charge in [-0.05, 0) is 19.1 Å². The van der Waals surface area contributed by atoms with Gasteiger partial charge in [0, 0.05) is 37.6 Å². The molecule has 3 N–H and O–H groups in total. The van der Waals surface area contributed by atoms with Crippen LogP contribution in [0.1, 0.15) is 18.7 Å². The molecule has 2 heterocycles. The van der Waals surface area contributed by atoms with E-state index >= 15 is 0 Å². The number of aromatic nitrogens is 1. The number of hydrogen-bond donors (Lipinski definition) is 3. The Labute approximate surface area is 94.5 Å². The van der Waals surface area contributed by atoms with Gasteiger partial charge in [-0.1, -0.05) is 0 Å². The van der Waals surface area contributed by atoms with E-state index in [1.165, 1.54) is 0 Å². The van der Waals surface area contributed by atoms with E-state index in [9.17, 15) is 4.79 Å². The Hall–Kier alpha value is -1.33. The highest BCUT2D eigenvalue weighted by atomic mass is 16.4. The zero-order valence-corrected chi connectivity index (χ0v) is 9.31. The van der Waals surface area contributed by atoms with Gasteiger partial charge < -0.3 is 15.4 Å². The summed E-state index contributed by atoms with van der Waals surface area (Å²) in [6.45, 7) is 4.15. The molecule has 1 aliphatic rings. The van der Waals surface area contributed by atoms with Crippen molar-refractivity contribution >= 4 is 5.97 Å². The number of H-pyrrole nitrogens is 1. The van der Waals surface area contributed by atoms with Crippen molar-refractivity contribution in [3.8, 4) is 0 Å². The minimum absolute atomic E-state index is 0.109. The van der Waals surface area contributed by atoms with Crippen molar-refractivity contribution in [3.05, 3.63) is 24.0 Å². The van der Waals surface area contributed by atoms with Crippen molar-refractivity contribution in [2.75, 3.05) is 19.6 Å². The van der Waals surface area contributed by atoms with Crippen molar-refractivity contribution in [3.63, 3.8) is 0 Å². The summed E-state index contributed by atoms with van der Waals surface area (Å²) in [5.74, 6) is -0.759. The number of carbonyl (C=O) groups is 1. The van der Waals surface area contributed by atoms with Crippen LogP contribution < -0.4 is 5.32 Å². The average Bonchev–Trinajstić information content (AvgIpc) is 2.81. The minimum Gasteiger partial charge on any atom is -0.480 e.